The van der Waals surface area contributed by atoms with Crippen molar-refractivity contribution in [3.05, 3.63) is 47.0 Å². The van der Waals surface area contributed by atoms with Crippen molar-refractivity contribution >= 4 is 0 Å². The smallest absolute Gasteiger partial charge is 0.159 e. The van der Waals surface area contributed by atoms with E-state index in [1.165, 1.54) is 89.2 Å². The second-order valence-electron chi connectivity index (χ2n) is 10.5. The third-order valence-corrected chi connectivity index (χ3v) is 8.68. The second kappa shape index (κ2) is 10.4. The molecular weight excluding hydrogens is 374 g/mol. The van der Waals surface area contributed by atoms with Crippen LogP contribution in [0.25, 0.3) is 0 Å². The van der Waals surface area contributed by atoms with Crippen LogP contribution in [0.1, 0.15) is 108 Å². The molecule has 0 N–H and O–H groups in total. The number of unbranched alkanes of at least 4 members (excludes halogenated alkanes) is 1. The Hall–Kier alpha value is -1.18. The van der Waals surface area contributed by atoms with Gasteiger partial charge in [0.05, 0.1) is 0 Å². The number of allylic oxidation sites excluding steroid dienone is 2. The Labute approximate surface area is 182 Å². The van der Waals surface area contributed by atoms with Crippen molar-refractivity contribution in [1.29, 1.82) is 0 Å². The first-order valence-electron chi connectivity index (χ1n) is 12.8. The van der Waals surface area contributed by atoms with Gasteiger partial charge in [-0.1, -0.05) is 43.9 Å². The highest BCUT2D eigenvalue weighted by atomic mass is 19.2. The Balaban J connectivity index is 1.23. The summed E-state index contributed by atoms with van der Waals surface area (Å²) in [5.74, 6) is 2.55. The summed E-state index contributed by atoms with van der Waals surface area (Å²) in [7, 11) is 0. The maximum atomic E-state index is 13.6. The van der Waals surface area contributed by atoms with Gasteiger partial charge in [0.2, 0.25) is 0 Å². The summed E-state index contributed by atoms with van der Waals surface area (Å²) in [5.41, 5.74) is 2.78. The molecule has 0 amide bonds. The monoisotopic (exact) mass is 414 g/mol. The summed E-state index contributed by atoms with van der Waals surface area (Å²) in [6.07, 6.45) is 21.4. The van der Waals surface area contributed by atoms with Gasteiger partial charge >= 0.3 is 0 Å². The van der Waals surface area contributed by atoms with E-state index < -0.39 is 11.6 Å². The van der Waals surface area contributed by atoms with Crippen LogP contribution in [0.15, 0.2) is 29.8 Å². The molecule has 0 radical (unpaired) electrons. The molecule has 0 saturated heterocycles. The fourth-order valence-corrected chi connectivity index (χ4v) is 6.68. The maximum absolute atomic E-state index is 13.6. The molecule has 2 fully saturated rings. The van der Waals surface area contributed by atoms with Crippen LogP contribution in [0.3, 0.4) is 0 Å². The molecule has 1 aromatic carbocycles. The molecule has 2 heteroatoms. The number of benzene rings is 1. The molecular formula is C28H40F2. The number of hydrogen-bond donors (Lipinski definition) is 0. The highest BCUT2D eigenvalue weighted by Crippen LogP contribution is 2.45. The van der Waals surface area contributed by atoms with Crippen molar-refractivity contribution in [3.8, 4) is 0 Å². The molecule has 1 unspecified atom stereocenters. The van der Waals surface area contributed by atoms with E-state index in [9.17, 15) is 8.78 Å². The van der Waals surface area contributed by atoms with Crippen LogP contribution in [0, 0.1) is 35.3 Å². The lowest BCUT2D eigenvalue weighted by Gasteiger charge is -2.37. The molecule has 0 nitrogen and oxygen atoms in total. The molecule has 1 atom stereocenters. The minimum Gasteiger partial charge on any atom is -0.204 e. The lowest BCUT2D eigenvalue weighted by atomic mass is 9.68. The Morgan fingerprint density at radius 1 is 0.800 bits per heavy atom. The van der Waals surface area contributed by atoms with Gasteiger partial charge in [-0.15, -0.1) is 0 Å². The first kappa shape index (κ1) is 22.0. The zero-order chi connectivity index (χ0) is 20.9. The summed E-state index contributed by atoms with van der Waals surface area (Å²) in [6, 6.07) is 4.50. The van der Waals surface area contributed by atoms with E-state index in [-0.39, 0.29) is 0 Å². The molecule has 0 spiro atoms. The normalized spacial score (nSPS) is 32.6. The molecule has 3 aliphatic carbocycles. The second-order valence-corrected chi connectivity index (χ2v) is 10.5. The predicted octanol–water partition coefficient (Wildman–Crippen LogP) is 8.96. The van der Waals surface area contributed by atoms with E-state index in [1.807, 2.05) is 0 Å². The van der Waals surface area contributed by atoms with Gasteiger partial charge in [-0.2, -0.15) is 0 Å². The van der Waals surface area contributed by atoms with Gasteiger partial charge in [0.25, 0.3) is 0 Å². The van der Waals surface area contributed by atoms with Crippen LogP contribution in [0.5, 0.6) is 0 Å². The molecule has 3 aliphatic rings. The molecule has 0 bridgehead atoms. The van der Waals surface area contributed by atoms with E-state index in [0.717, 1.165) is 42.1 Å². The average molecular weight is 415 g/mol. The molecule has 4 rings (SSSR count). The van der Waals surface area contributed by atoms with Crippen molar-refractivity contribution in [1.82, 2.24) is 0 Å². The summed E-state index contributed by atoms with van der Waals surface area (Å²) in [4.78, 5) is 0. The Bertz CT molecular complexity index is 705. The lowest BCUT2D eigenvalue weighted by Crippen LogP contribution is -2.24. The van der Waals surface area contributed by atoms with Crippen molar-refractivity contribution in [2.45, 2.75) is 103 Å². The molecule has 1 aromatic rings. The van der Waals surface area contributed by atoms with E-state index in [0.29, 0.717) is 5.92 Å². The number of hydrogen-bond acceptors (Lipinski definition) is 0. The van der Waals surface area contributed by atoms with E-state index >= 15 is 0 Å². The first-order chi connectivity index (χ1) is 14.6. The number of halogens is 2. The van der Waals surface area contributed by atoms with Gasteiger partial charge in [0.1, 0.15) is 0 Å². The van der Waals surface area contributed by atoms with Crippen LogP contribution in [0.4, 0.5) is 8.78 Å². The molecule has 0 aromatic heterocycles. The van der Waals surface area contributed by atoms with Gasteiger partial charge in [-0.25, -0.2) is 8.78 Å². The van der Waals surface area contributed by atoms with Gasteiger partial charge in [-0.05, 0) is 118 Å². The third kappa shape index (κ3) is 5.35. The number of rotatable bonds is 6. The zero-order valence-electron chi connectivity index (χ0n) is 18.9. The van der Waals surface area contributed by atoms with Crippen LogP contribution in [-0.2, 0) is 0 Å². The third-order valence-electron chi connectivity index (χ3n) is 8.68. The minimum absolute atomic E-state index is 0.411. The minimum atomic E-state index is -0.730. The van der Waals surface area contributed by atoms with E-state index in [4.69, 9.17) is 0 Å². The van der Waals surface area contributed by atoms with Gasteiger partial charge in [-0.3, -0.25) is 0 Å². The van der Waals surface area contributed by atoms with Crippen LogP contribution in [-0.4, -0.2) is 0 Å². The molecule has 0 heterocycles. The van der Waals surface area contributed by atoms with Gasteiger partial charge in [0.15, 0.2) is 11.6 Å². The summed E-state index contributed by atoms with van der Waals surface area (Å²) in [5, 5.41) is 0. The van der Waals surface area contributed by atoms with E-state index in [2.05, 4.69) is 13.0 Å². The molecule has 2 saturated carbocycles. The quantitative estimate of drug-likeness (QED) is 0.407. The fourth-order valence-electron chi connectivity index (χ4n) is 6.68. The maximum Gasteiger partial charge on any atom is 0.159 e. The van der Waals surface area contributed by atoms with Gasteiger partial charge in [0, 0.05) is 0 Å². The van der Waals surface area contributed by atoms with Crippen molar-refractivity contribution in [2.75, 3.05) is 0 Å². The van der Waals surface area contributed by atoms with Crippen molar-refractivity contribution in [2.24, 2.45) is 23.7 Å². The lowest BCUT2D eigenvalue weighted by molar-refractivity contribution is 0.210. The van der Waals surface area contributed by atoms with Crippen molar-refractivity contribution in [3.63, 3.8) is 0 Å². The fraction of sp³-hybridized carbons (Fsp3) is 0.714. The largest absolute Gasteiger partial charge is 0.204 e. The Kier molecular flexibility index (Phi) is 7.65. The van der Waals surface area contributed by atoms with Crippen LogP contribution >= 0.6 is 0 Å². The molecule has 0 aliphatic heterocycles. The Morgan fingerprint density at radius 2 is 1.53 bits per heavy atom. The molecule has 30 heavy (non-hydrogen) atoms. The van der Waals surface area contributed by atoms with E-state index in [1.54, 1.807) is 11.6 Å². The summed E-state index contributed by atoms with van der Waals surface area (Å²) in [6.45, 7) is 2.31. The average Bonchev–Trinajstić information content (AvgIpc) is 2.80. The first-order valence-corrected chi connectivity index (χ1v) is 12.8. The zero-order valence-corrected chi connectivity index (χ0v) is 18.9. The van der Waals surface area contributed by atoms with Gasteiger partial charge < -0.3 is 0 Å². The summed E-state index contributed by atoms with van der Waals surface area (Å²) < 4.78 is 26.8. The SMILES string of the molecule is CCCCC1CCC(C2=CCC(C3CCC(c4ccc(F)c(F)c4)CC3)CC2)CC1. The van der Waals surface area contributed by atoms with Crippen LogP contribution in [0.2, 0.25) is 0 Å². The highest BCUT2D eigenvalue weighted by Gasteiger charge is 2.31. The highest BCUT2D eigenvalue weighted by molar-refractivity contribution is 5.22. The Morgan fingerprint density at radius 3 is 2.17 bits per heavy atom. The van der Waals surface area contributed by atoms with Crippen LogP contribution < -0.4 is 0 Å². The standard InChI is InChI=1S/C28H40F2/c1-2-3-4-20-5-7-21(8-6-20)22-9-11-23(12-10-22)24-13-15-25(16-14-24)26-17-18-27(29)28(30)19-26/h9,17-21,23-25H,2-8,10-16H2,1H3. The van der Waals surface area contributed by atoms with Crippen molar-refractivity contribution < 1.29 is 8.78 Å². The predicted molar refractivity (Wildman–Crippen MR) is 121 cm³/mol. The molecule has 166 valence electrons. The topological polar surface area (TPSA) is 0 Å². The summed E-state index contributed by atoms with van der Waals surface area (Å²) >= 11 is 0.